The highest BCUT2D eigenvalue weighted by molar-refractivity contribution is 6.11. The molecule has 2 unspecified atom stereocenters. The van der Waals surface area contributed by atoms with E-state index < -0.39 is 35.7 Å². The normalized spacial score (nSPS) is 18.7. The molecule has 8 nitrogen and oxygen atoms in total. The van der Waals surface area contributed by atoms with Crippen molar-refractivity contribution in [3.8, 4) is 0 Å². The fourth-order valence-electron chi connectivity index (χ4n) is 0.607. The average molecular weight is 206 g/mol. The van der Waals surface area contributed by atoms with Gasteiger partial charge in [0.05, 0.1) is 0 Å². The summed E-state index contributed by atoms with van der Waals surface area (Å²) in [5, 5.41) is 34.5. The number of aldehydes is 2. The molecule has 0 bridgehead atoms. The van der Waals surface area contributed by atoms with Crippen LogP contribution in [0.15, 0.2) is 0 Å². The minimum Gasteiger partial charge on any atom is -0.479 e. The number of hydrogen-bond donors (Lipinski definition) is 4. The van der Waals surface area contributed by atoms with E-state index in [1.165, 1.54) is 0 Å². The third kappa shape index (κ3) is 1.36. The van der Waals surface area contributed by atoms with Crippen molar-refractivity contribution in [2.45, 2.75) is 11.2 Å². The summed E-state index contributed by atoms with van der Waals surface area (Å²) in [7, 11) is 0. The van der Waals surface area contributed by atoms with Gasteiger partial charge in [-0.25, -0.2) is 9.59 Å². The van der Waals surface area contributed by atoms with Crippen LogP contribution < -0.4 is 0 Å². The zero-order valence-electron chi connectivity index (χ0n) is 6.58. The molecule has 0 aliphatic rings. The lowest BCUT2D eigenvalue weighted by molar-refractivity contribution is -0.199. The number of hydrogen-bond acceptors (Lipinski definition) is 6. The monoisotopic (exact) mass is 206 g/mol. The van der Waals surface area contributed by atoms with E-state index in [-0.39, 0.29) is 0 Å². The highest BCUT2D eigenvalue weighted by Gasteiger charge is 2.61. The predicted octanol–water partition coefficient (Wildman–Crippen LogP) is -2.98. The van der Waals surface area contributed by atoms with E-state index >= 15 is 0 Å². The fourth-order valence-corrected chi connectivity index (χ4v) is 0.607. The van der Waals surface area contributed by atoms with Crippen molar-refractivity contribution in [2.75, 3.05) is 0 Å². The van der Waals surface area contributed by atoms with Gasteiger partial charge < -0.3 is 20.4 Å². The molecule has 0 rings (SSSR count). The van der Waals surface area contributed by atoms with Crippen molar-refractivity contribution in [1.82, 2.24) is 0 Å². The van der Waals surface area contributed by atoms with E-state index in [1.807, 2.05) is 0 Å². The lowest BCUT2D eigenvalue weighted by Gasteiger charge is -2.27. The minimum absolute atomic E-state index is 0.738. The Morgan fingerprint density at radius 3 is 1.14 bits per heavy atom. The first-order chi connectivity index (χ1) is 6.26. The van der Waals surface area contributed by atoms with Crippen molar-refractivity contribution in [3.63, 3.8) is 0 Å². The summed E-state index contributed by atoms with van der Waals surface area (Å²) in [6, 6.07) is 0. The Morgan fingerprint density at radius 1 is 0.857 bits per heavy atom. The summed E-state index contributed by atoms with van der Waals surface area (Å²) in [6.45, 7) is 0. The number of carboxylic acids is 2. The molecule has 0 radical (unpaired) electrons. The molecule has 2 atom stereocenters. The summed E-state index contributed by atoms with van der Waals surface area (Å²) in [4.78, 5) is 40.9. The van der Waals surface area contributed by atoms with Crippen LogP contribution in [0.4, 0.5) is 0 Å². The van der Waals surface area contributed by atoms with E-state index in [0.29, 0.717) is 0 Å². The van der Waals surface area contributed by atoms with Gasteiger partial charge in [-0.1, -0.05) is 0 Å². The number of carbonyl (C=O) groups excluding carboxylic acids is 2. The summed E-state index contributed by atoms with van der Waals surface area (Å²) in [5.41, 5.74) is -7.42. The zero-order valence-corrected chi connectivity index (χ0v) is 6.58. The number of aliphatic carboxylic acids is 2. The lowest BCUT2D eigenvalue weighted by Crippen LogP contribution is -2.65. The quantitative estimate of drug-likeness (QED) is 0.275. The smallest absolute Gasteiger partial charge is 0.347 e. The molecular formula is C6H6O8. The standard InChI is InChI=1S/C6H6O8/c7-1-5(13,3(9)10)6(14,2-8)4(11)12/h1-2,13-14H,(H,9,10)(H,11,12). The maximum Gasteiger partial charge on any atom is 0.347 e. The maximum absolute atomic E-state index is 10.3. The molecule has 0 saturated heterocycles. The van der Waals surface area contributed by atoms with Gasteiger partial charge in [0, 0.05) is 0 Å². The van der Waals surface area contributed by atoms with E-state index in [9.17, 15) is 19.2 Å². The van der Waals surface area contributed by atoms with Gasteiger partial charge in [0.1, 0.15) is 0 Å². The Hall–Kier alpha value is -1.80. The van der Waals surface area contributed by atoms with Crippen LogP contribution in [0.25, 0.3) is 0 Å². The second kappa shape index (κ2) is 3.52. The summed E-state index contributed by atoms with van der Waals surface area (Å²) < 4.78 is 0. The molecule has 14 heavy (non-hydrogen) atoms. The molecule has 0 saturated carbocycles. The fraction of sp³-hybridized carbons (Fsp3) is 0.333. The van der Waals surface area contributed by atoms with Gasteiger partial charge in [-0.15, -0.1) is 0 Å². The van der Waals surface area contributed by atoms with E-state index in [4.69, 9.17) is 20.4 Å². The van der Waals surface area contributed by atoms with Gasteiger partial charge in [-0.2, -0.15) is 0 Å². The Bertz CT molecular complexity index is 266. The van der Waals surface area contributed by atoms with Crippen LogP contribution in [0.5, 0.6) is 0 Å². The molecule has 78 valence electrons. The molecule has 0 aromatic rings. The van der Waals surface area contributed by atoms with Gasteiger partial charge in [-0.3, -0.25) is 9.59 Å². The highest BCUT2D eigenvalue weighted by atomic mass is 16.5. The number of carbonyl (C=O) groups is 4. The molecule has 0 heterocycles. The van der Waals surface area contributed by atoms with Gasteiger partial charge >= 0.3 is 11.9 Å². The minimum atomic E-state index is -3.71. The Morgan fingerprint density at radius 2 is 1.07 bits per heavy atom. The molecule has 0 fully saturated rings. The topological polar surface area (TPSA) is 149 Å². The van der Waals surface area contributed by atoms with Crippen LogP contribution in [-0.4, -0.2) is 56.1 Å². The van der Waals surface area contributed by atoms with Crippen molar-refractivity contribution >= 4 is 24.5 Å². The second-order valence-electron chi connectivity index (χ2n) is 2.38. The average Bonchev–Trinajstić information content (AvgIpc) is 2.14. The third-order valence-electron chi connectivity index (χ3n) is 1.57. The van der Waals surface area contributed by atoms with Crippen LogP contribution >= 0.6 is 0 Å². The first-order valence-corrected chi connectivity index (χ1v) is 3.10. The third-order valence-corrected chi connectivity index (χ3v) is 1.57. The van der Waals surface area contributed by atoms with Gasteiger partial charge in [-0.05, 0) is 0 Å². The molecule has 0 aromatic heterocycles. The zero-order chi connectivity index (χ0) is 11.6. The van der Waals surface area contributed by atoms with E-state index in [2.05, 4.69) is 0 Å². The highest BCUT2D eigenvalue weighted by Crippen LogP contribution is 2.19. The molecular weight excluding hydrogens is 200 g/mol. The molecule has 0 aromatic carbocycles. The van der Waals surface area contributed by atoms with Gasteiger partial charge in [0.2, 0.25) is 0 Å². The molecule has 0 aliphatic heterocycles. The van der Waals surface area contributed by atoms with Crippen LogP contribution in [0.2, 0.25) is 0 Å². The van der Waals surface area contributed by atoms with Gasteiger partial charge in [0.25, 0.3) is 11.2 Å². The van der Waals surface area contributed by atoms with E-state index in [0.717, 1.165) is 0 Å². The number of carboxylic acid groups (broad SMARTS) is 2. The van der Waals surface area contributed by atoms with Crippen molar-refractivity contribution < 1.29 is 39.6 Å². The first kappa shape index (κ1) is 12.2. The Balaban J connectivity index is 5.60. The largest absolute Gasteiger partial charge is 0.479 e. The first-order valence-electron chi connectivity index (χ1n) is 3.10. The van der Waals surface area contributed by atoms with Crippen LogP contribution in [0.1, 0.15) is 0 Å². The van der Waals surface area contributed by atoms with Crippen LogP contribution in [0.3, 0.4) is 0 Å². The molecule has 0 aliphatic carbocycles. The summed E-state index contributed by atoms with van der Waals surface area (Å²) in [6.07, 6.45) is -1.48. The maximum atomic E-state index is 10.3. The molecule has 4 N–H and O–H groups in total. The van der Waals surface area contributed by atoms with E-state index in [1.54, 1.807) is 0 Å². The van der Waals surface area contributed by atoms with Crippen molar-refractivity contribution in [3.05, 3.63) is 0 Å². The van der Waals surface area contributed by atoms with Crippen LogP contribution in [-0.2, 0) is 19.2 Å². The Kier molecular flexibility index (Phi) is 3.07. The molecule has 0 amide bonds. The van der Waals surface area contributed by atoms with Gasteiger partial charge in [0.15, 0.2) is 12.6 Å². The molecule has 8 heteroatoms. The lowest BCUT2D eigenvalue weighted by atomic mass is 9.85. The van der Waals surface area contributed by atoms with Crippen molar-refractivity contribution in [2.24, 2.45) is 0 Å². The number of rotatable bonds is 5. The number of aliphatic hydroxyl groups is 2. The second-order valence-corrected chi connectivity index (χ2v) is 2.38. The molecule has 0 spiro atoms. The van der Waals surface area contributed by atoms with Crippen LogP contribution in [0, 0.1) is 0 Å². The summed E-state index contributed by atoms with van der Waals surface area (Å²) in [5.74, 6) is -4.69. The Labute approximate surface area is 76.4 Å². The predicted molar refractivity (Wildman–Crippen MR) is 37.3 cm³/mol. The van der Waals surface area contributed by atoms with Crippen molar-refractivity contribution in [1.29, 1.82) is 0 Å². The SMILES string of the molecule is O=CC(O)(C(=O)O)C(O)(C=O)C(=O)O. The summed E-state index contributed by atoms with van der Waals surface area (Å²) >= 11 is 0.